The summed E-state index contributed by atoms with van der Waals surface area (Å²) in [6.45, 7) is 8.71. The van der Waals surface area contributed by atoms with Crippen molar-refractivity contribution < 1.29 is 23.9 Å². The molecule has 0 aliphatic carbocycles. The summed E-state index contributed by atoms with van der Waals surface area (Å²) in [7, 11) is 1.55. The number of hydrogen-bond donors (Lipinski definition) is 3. The Bertz CT molecular complexity index is 1910. The first-order valence-corrected chi connectivity index (χ1v) is 15.2. The number of aryl methyl sites for hydroxylation is 1. The lowest BCUT2D eigenvalue weighted by Crippen LogP contribution is -2.21. The lowest BCUT2D eigenvalue weighted by Gasteiger charge is -2.14. The van der Waals surface area contributed by atoms with Crippen LogP contribution in [0.4, 0.5) is 22.1 Å². The van der Waals surface area contributed by atoms with E-state index in [0.717, 1.165) is 16.9 Å². The number of rotatable bonds is 11. The molecule has 0 radical (unpaired) electrons. The Morgan fingerprint density at radius 2 is 1.60 bits per heavy atom. The van der Waals surface area contributed by atoms with Gasteiger partial charge in [-0.3, -0.25) is 14.9 Å². The zero-order valence-electron chi connectivity index (χ0n) is 27.1. The van der Waals surface area contributed by atoms with Gasteiger partial charge in [-0.05, 0) is 48.7 Å². The molecule has 242 valence electrons. The number of methoxy groups -OCH3 is 1. The van der Waals surface area contributed by atoms with Crippen molar-refractivity contribution in [2.45, 2.75) is 33.1 Å². The molecule has 11 heteroatoms. The second-order valence-corrected chi connectivity index (χ2v) is 12.1. The molecule has 3 N–H and O–H groups in total. The van der Waals surface area contributed by atoms with Crippen LogP contribution in [0.3, 0.4) is 0 Å². The van der Waals surface area contributed by atoms with Crippen LogP contribution < -0.4 is 16.0 Å². The summed E-state index contributed by atoms with van der Waals surface area (Å²) in [4.78, 5) is 43.5. The third kappa shape index (κ3) is 8.07. The first-order valence-electron chi connectivity index (χ1n) is 15.2. The standard InChI is InChI=1S/C36H38N6O5/c1-23-10-12-25(13-11-23)42-32(21-30(41-42)36(2,3)4)40-35(45)38-29-15-14-28(26-8-6-7-9-27(26)29)34(44)24-16-17-37-31(20-24)39-33(43)22-47-19-18-46-5/h6-17,20-21H,18-19,22H2,1-5H3,(H,37,39,43)(H2,38,40,45). The Balaban J connectivity index is 1.36. The molecule has 3 amide bonds. The zero-order chi connectivity index (χ0) is 33.6. The number of anilines is 3. The molecule has 2 heterocycles. The number of carbonyl (C=O) groups excluding carboxylic acids is 3. The monoisotopic (exact) mass is 634 g/mol. The summed E-state index contributed by atoms with van der Waals surface area (Å²) < 4.78 is 11.9. The number of ketones is 1. The minimum Gasteiger partial charge on any atom is -0.382 e. The van der Waals surface area contributed by atoms with Crippen LogP contribution in [0.5, 0.6) is 0 Å². The van der Waals surface area contributed by atoms with Crippen LogP contribution >= 0.6 is 0 Å². The van der Waals surface area contributed by atoms with Gasteiger partial charge in [0.25, 0.3) is 5.91 Å². The molecular weight excluding hydrogens is 596 g/mol. The third-order valence-corrected chi connectivity index (χ3v) is 7.37. The van der Waals surface area contributed by atoms with E-state index >= 15 is 0 Å². The predicted octanol–water partition coefficient (Wildman–Crippen LogP) is 6.50. The molecule has 0 fully saturated rings. The van der Waals surface area contributed by atoms with Gasteiger partial charge in [-0.15, -0.1) is 0 Å². The highest BCUT2D eigenvalue weighted by Gasteiger charge is 2.22. The fraction of sp³-hybridized carbons (Fsp3) is 0.250. The van der Waals surface area contributed by atoms with E-state index in [1.165, 1.54) is 12.3 Å². The Labute approximate surface area is 273 Å². The SMILES string of the molecule is COCCOCC(=O)Nc1cc(C(=O)c2ccc(NC(=O)Nc3cc(C(C)(C)C)nn3-c3ccc(C)cc3)c3ccccc23)ccn1. The van der Waals surface area contributed by atoms with Crippen LogP contribution in [0, 0.1) is 6.92 Å². The van der Waals surface area contributed by atoms with Crippen molar-refractivity contribution in [2.24, 2.45) is 0 Å². The van der Waals surface area contributed by atoms with Crippen molar-refractivity contribution in [2.75, 3.05) is 42.9 Å². The van der Waals surface area contributed by atoms with E-state index in [1.807, 2.05) is 61.5 Å². The smallest absolute Gasteiger partial charge is 0.324 e. The number of aromatic nitrogens is 3. The van der Waals surface area contributed by atoms with Crippen LogP contribution in [0.25, 0.3) is 16.5 Å². The van der Waals surface area contributed by atoms with Crippen LogP contribution in [-0.4, -0.2) is 59.4 Å². The van der Waals surface area contributed by atoms with Crippen molar-refractivity contribution in [3.8, 4) is 5.69 Å². The minimum absolute atomic E-state index is 0.165. The van der Waals surface area contributed by atoms with Crippen LogP contribution in [0.2, 0.25) is 0 Å². The number of hydrogen-bond acceptors (Lipinski definition) is 7. The average molecular weight is 635 g/mol. The van der Waals surface area contributed by atoms with Gasteiger partial charge in [0.15, 0.2) is 5.78 Å². The van der Waals surface area contributed by atoms with Gasteiger partial charge in [-0.1, -0.05) is 62.7 Å². The third-order valence-electron chi connectivity index (χ3n) is 7.37. The zero-order valence-corrected chi connectivity index (χ0v) is 27.1. The highest BCUT2D eigenvalue weighted by atomic mass is 16.5. The number of nitrogens with zero attached hydrogens (tertiary/aromatic N) is 3. The number of ether oxygens (including phenoxy) is 2. The quantitative estimate of drug-likeness (QED) is 0.111. The van der Waals surface area contributed by atoms with E-state index in [-0.39, 0.29) is 30.2 Å². The van der Waals surface area contributed by atoms with Crippen molar-refractivity contribution in [3.05, 3.63) is 107 Å². The summed E-state index contributed by atoms with van der Waals surface area (Å²) >= 11 is 0. The topological polar surface area (TPSA) is 136 Å². The molecule has 0 spiro atoms. The normalized spacial score (nSPS) is 11.3. The number of carbonyl (C=O) groups is 3. The fourth-order valence-electron chi connectivity index (χ4n) is 4.88. The summed E-state index contributed by atoms with van der Waals surface area (Å²) in [5.41, 5.74) is 3.85. The van der Waals surface area contributed by atoms with Gasteiger partial charge >= 0.3 is 6.03 Å². The van der Waals surface area contributed by atoms with Crippen LogP contribution in [0.15, 0.2) is 85.1 Å². The number of pyridine rings is 1. The van der Waals surface area contributed by atoms with Gasteiger partial charge in [0.1, 0.15) is 18.2 Å². The first kappa shape index (κ1) is 33.0. The maximum Gasteiger partial charge on any atom is 0.324 e. The molecule has 11 nitrogen and oxygen atoms in total. The van der Waals surface area contributed by atoms with E-state index < -0.39 is 11.9 Å². The van der Waals surface area contributed by atoms with E-state index in [9.17, 15) is 14.4 Å². The molecule has 3 aromatic carbocycles. The van der Waals surface area contributed by atoms with Gasteiger partial charge in [0, 0.05) is 41.3 Å². The maximum atomic E-state index is 13.7. The lowest BCUT2D eigenvalue weighted by molar-refractivity contribution is -0.121. The number of fused-ring (bicyclic) bond motifs is 1. The second-order valence-electron chi connectivity index (χ2n) is 12.1. The number of urea groups is 1. The number of benzene rings is 3. The molecule has 0 saturated heterocycles. The molecule has 0 saturated carbocycles. The fourth-order valence-corrected chi connectivity index (χ4v) is 4.88. The van der Waals surface area contributed by atoms with Gasteiger partial charge in [-0.2, -0.15) is 5.10 Å². The summed E-state index contributed by atoms with van der Waals surface area (Å²) in [6.07, 6.45) is 1.46. The molecule has 47 heavy (non-hydrogen) atoms. The van der Waals surface area contributed by atoms with Gasteiger partial charge in [-0.25, -0.2) is 14.5 Å². The maximum absolute atomic E-state index is 13.7. The highest BCUT2D eigenvalue weighted by molar-refractivity contribution is 6.19. The van der Waals surface area contributed by atoms with Gasteiger partial charge in [0.05, 0.1) is 30.3 Å². The van der Waals surface area contributed by atoms with E-state index in [2.05, 4.69) is 41.7 Å². The van der Waals surface area contributed by atoms with Crippen molar-refractivity contribution in [1.82, 2.24) is 14.8 Å². The largest absolute Gasteiger partial charge is 0.382 e. The number of amides is 3. The Hall–Kier alpha value is -5.39. The van der Waals surface area contributed by atoms with E-state index in [0.29, 0.717) is 40.0 Å². The van der Waals surface area contributed by atoms with Crippen molar-refractivity contribution in [3.63, 3.8) is 0 Å². The molecule has 0 unspecified atom stereocenters. The highest BCUT2D eigenvalue weighted by Crippen LogP contribution is 2.30. The molecule has 0 atom stereocenters. The second kappa shape index (κ2) is 14.4. The van der Waals surface area contributed by atoms with E-state index in [1.54, 1.807) is 30.0 Å². The molecule has 0 bridgehead atoms. The molecule has 2 aromatic heterocycles. The van der Waals surface area contributed by atoms with E-state index in [4.69, 9.17) is 14.6 Å². The molecule has 5 aromatic rings. The van der Waals surface area contributed by atoms with Gasteiger partial charge in [0.2, 0.25) is 0 Å². The Morgan fingerprint density at radius 1 is 0.851 bits per heavy atom. The summed E-state index contributed by atoms with van der Waals surface area (Å²) in [5.74, 6) is 0.0986. The van der Waals surface area contributed by atoms with Crippen LogP contribution in [0.1, 0.15) is 48.0 Å². The van der Waals surface area contributed by atoms with Gasteiger partial charge < -0.3 is 20.1 Å². The average Bonchev–Trinajstić information content (AvgIpc) is 3.48. The molecular formula is C36H38N6O5. The molecule has 5 rings (SSSR count). The lowest BCUT2D eigenvalue weighted by atomic mass is 9.92. The minimum atomic E-state index is -0.455. The first-order chi connectivity index (χ1) is 22.5. The summed E-state index contributed by atoms with van der Waals surface area (Å²) in [6, 6.07) is 23.2. The Kier molecular flexibility index (Phi) is 10.1. The molecule has 0 aliphatic rings. The number of nitrogens with one attached hydrogen (secondary N) is 3. The van der Waals surface area contributed by atoms with Crippen LogP contribution in [-0.2, 0) is 19.7 Å². The molecule has 0 aliphatic heterocycles. The predicted molar refractivity (Wildman–Crippen MR) is 183 cm³/mol. The summed E-state index contributed by atoms with van der Waals surface area (Å²) in [5, 5.41) is 14.7. The van der Waals surface area contributed by atoms with Crippen molar-refractivity contribution >= 4 is 45.8 Å². The Morgan fingerprint density at radius 3 is 2.32 bits per heavy atom. The van der Waals surface area contributed by atoms with Crippen molar-refractivity contribution in [1.29, 1.82) is 0 Å².